The lowest BCUT2D eigenvalue weighted by molar-refractivity contribution is -0.133. The monoisotopic (exact) mass is 200 g/mol. The van der Waals surface area contributed by atoms with Gasteiger partial charge in [-0.3, -0.25) is 4.79 Å². The molecule has 0 aromatic heterocycles. The first-order chi connectivity index (χ1) is 6.46. The quantitative estimate of drug-likeness (QED) is 0.687. The van der Waals surface area contributed by atoms with E-state index < -0.39 is 0 Å². The predicted molar refractivity (Wildman–Crippen MR) is 54.8 cm³/mol. The van der Waals surface area contributed by atoms with Gasteiger partial charge in [0.15, 0.2) is 0 Å². The number of hydrogen-bond acceptors (Lipinski definition) is 3. The van der Waals surface area contributed by atoms with E-state index in [1.165, 1.54) is 0 Å². The number of carbonyl (C=O) groups excluding carboxylic acids is 1. The van der Waals surface area contributed by atoms with Crippen LogP contribution in [0.2, 0.25) is 0 Å². The van der Waals surface area contributed by atoms with Crippen molar-refractivity contribution < 1.29 is 9.53 Å². The molecule has 4 heteroatoms. The van der Waals surface area contributed by atoms with Gasteiger partial charge >= 0.3 is 0 Å². The largest absolute Gasteiger partial charge is 0.368 e. The van der Waals surface area contributed by atoms with Gasteiger partial charge in [-0.25, -0.2) is 0 Å². The molecule has 1 fully saturated rings. The zero-order chi connectivity index (χ0) is 10.8. The van der Waals surface area contributed by atoms with Crippen LogP contribution in [0.5, 0.6) is 0 Å². The van der Waals surface area contributed by atoms with Crippen molar-refractivity contribution in [2.75, 3.05) is 13.2 Å². The van der Waals surface area contributed by atoms with E-state index in [0.717, 1.165) is 6.42 Å². The van der Waals surface area contributed by atoms with Crippen molar-refractivity contribution in [3.8, 4) is 0 Å². The summed E-state index contributed by atoms with van der Waals surface area (Å²) < 4.78 is 5.36. The Labute approximate surface area is 85.2 Å². The van der Waals surface area contributed by atoms with E-state index in [1.807, 2.05) is 20.8 Å². The molecule has 1 heterocycles. The average molecular weight is 200 g/mol. The van der Waals surface area contributed by atoms with Gasteiger partial charge in [0, 0.05) is 18.7 Å². The highest BCUT2D eigenvalue weighted by Gasteiger charge is 2.33. The highest BCUT2D eigenvalue weighted by molar-refractivity contribution is 5.82. The lowest BCUT2D eigenvalue weighted by atomic mass is 10.0. The first kappa shape index (κ1) is 11.5. The van der Waals surface area contributed by atoms with Crippen molar-refractivity contribution in [3.63, 3.8) is 0 Å². The van der Waals surface area contributed by atoms with Crippen molar-refractivity contribution in [1.29, 1.82) is 0 Å². The van der Waals surface area contributed by atoms with Crippen LogP contribution in [0.4, 0.5) is 0 Å². The molecule has 1 aliphatic rings. The van der Waals surface area contributed by atoms with Crippen LogP contribution in [-0.4, -0.2) is 30.7 Å². The van der Waals surface area contributed by atoms with Gasteiger partial charge in [-0.1, -0.05) is 6.92 Å². The Bertz CT molecular complexity index is 216. The molecule has 0 aliphatic carbocycles. The van der Waals surface area contributed by atoms with Crippen LogP contribution in [0.1, 0.15) is 27.2 Å². The lowest BCUT2D eigenvalue weighted by Gasteiger charge is -2.26. The molecule has 0 bridgehead atoms. The molecular weight excluding hydrogens is 180 g/mol. The number of amides is 1. The summed E-state index contributed by atoms with van der Waals surface area (Å²) in [6.45, 7) is 6.96. The maximum atomic E-state index is 11.7. The number of hydrogen-bond donors (Lipinski definition) is 2. The highest BCUT2D eigenvalue weighted by atomic mass is 16.5. The molecule has 0 radical (unpaired) electrons. The SMILES string of the molecule is CC1CCOC1C(=O)NC(C)(C)CN. The van der Waals surface area contributed by atoms with Crippen LogP contribution in [0.25, 0.3) is 0 Å². The number of carbonyl (C=O) groups is 1. The summed E-state index contributed by atoms with van der Waals surface area (Å²) in [5.74, 6) is 0.272. The highest BCUT2D eigenvalue weighted by Crippen LogP contribution is 2.20. The summed E-state index contributed by atoms with van der Waals surface area (Å²) in [7, 11) is 0. The van der Waals surface area contributed by atoms with Gasteiger partial charge in [0.05, 0.1) is 0 Å². The van der Waals surface area contributed by atoms with Gasteiger partial charge in [0.2, 0.25) is 5.91 Å². The van der Waals surface area contributed by atoms with Gasteiger partial charge in [0.25, 0.3) is 0 Å². The minimum atomic E-state index is -0.344. The van der Waals surface area contributed by atoms with Crippen LogP contribution in [0.3, 0.4) is 0 Å². The minimum absolute atomic E-state index is 0.0366. The van der Waals surface area contributed by atoms with Gasteiger partial charge in [-0.05, 0) is 26.2 Å². The Morgan fingerprint density at radius 3 is 2.71 bits per heavy atom. The van der Waals surface area contributed by atoms with E-state index >= 15 is 0 Å². The van der Waals surface area contributed by atoms with Gasteiger partial charge in [-0.2, -0.15) is 0 Å². The summed E-state index contributed by atoms with van der Waals surface area (Å²) in [6, 6.07) is 0. The summed E-state index contributed by atoms with van der Waals surface area (Å²) in [5, 5.41) is 2.89. The molecule has 1 rings (SSSR count). The Hall–Kier alpha value is -0.610. The zero-order valence-corrected chi connectivity index (χ0v) is 9.17. The van der Waals surface area contributed by atoms with Crippen molar-refractivity contribution in [2.24, 2.45) is 11.7 Å². The molecule has 0 spiro atoms. The maximum Gasteiger partial charge on any atom is 0.249 e. The first-order valence-corrected chi connectivity index (χ1v) is 5.10. The third kappa shape index (κ3) is 2.69. The van der Waals surface area contributed by atoms with Crippen LogP contribution in [0.15, 0.2) is 0 Å². The molecule has 82 valence electrons. The first-order valence-electron chi connectivity index (χ1n) is 5.10. The summed E-state index contributed by atoms with van der Waals surface area (Å²) in [4.78, 5) is 11.7. The van der Waals surface area contributed by atoms with Crippen LogP contribution in [-0.2, 0) is 9.53 Å². The predicted octanol–water partition coefficient (Wildman–Crippen LogP) is 0.265. The molecule has 0 aromatic rings. The standard InChI is InChI=1S/C10H20N2O2/c1-7-4-5-14-8(7)9(13)12-10(2,3)6-11/h7-8H,4-6,11H2,1-3H3,(H,12,13). The zero-order valence-electron chi connectivity index (χ0n) is 9.17. The van der Waals surface area contributed by atoms with E-state index in [0.29, 0.717) is 19.1 Å². The van der Waals surface area contributed by atoms with E-state index in [-0.39, 0.29) is 17.6 Å². The second-order valence-electron chi connectivity index (χ2n) is 4.63. The number of nitrogens with two attached hydrogens (primary N) is 1. The van der Waals surface area contributed by atoms with E-state index in [9.17, 15) is 4.79 Å². The van der Waals surface area contributed by atoms with Gasteiger partial charge in [-0.15, -0.1) is 0 Å². The fourth-order valence-electron chi connectivity index (χ4n) is 1.49. The summed E-state index contributed by atoms with van der Waals surface area (Å²) in [5.41, 5.74) is 5.19. The Balaban J connectivity index is 2.49. The minimum Gasteiger partial charge on any atom is -0.368 e. The number of nitrogens with one attached hydrogen (secondary N) is 1. The molecule has 14 heavy (non-hydrogen) atoms. The van der Waals surface area contributed by atoms with Crippen LogP contribution < -0.4 is 11.1 Å². The molecule has 4 nitrogen and oxygen atoms in total. The fourth-order valence-corrected chi connectivity index (χ4v) is 1.49. The Kier molecular flexibility index (Phi) is 3.50. The molecule has 3 N–H and O–H groups in total. The molecule has 1 saturated heterocycles. The van der Waals surface area contributed by atoms with Crippen molar-refractivity contribution in [2.45, 2.75) is 38.8 Å². The third-order valence-corrected chi connectivity index (χ3v) is 2.62. The van der Waals surface area contributed by atoms with Gasteiger partial charge in [0.1, 0.15) is 6.10 Å². The van der Waals surface area contributed by atoms with Crippen molar-refractivity contribution >= 4 is 5.91 Å². The fraction of sp³-hybridized carbons (Fsp3) is 0.900. The Morgan fingerprint density at radius 1 is 1.64 bits per heavy atom. The van der Waals surface area contributed by atoms with E-state index in [4.69, 9.17) is 10.5 Å². The molecule has 2 atom stereocenters. The smallest absolute Gasteiger partial charge is 0.249 e. The van der Waals surface area contributed by atoms with E-state index in [1.54, 1.807) is 0 Å². The summed E-state index contributed by atoms with van der Waals surface area (Å²) in [6.07, 6.45) is 0.669. The molecule has 0 saturated carbocycles. The molecule has 2 unspecified atom stereocenters. The second-order valence-corrected chi connectivity index (χ2v) is 4.63. The van der Waals surface area contributed by atoms with Crippen LogP contribution >= 0.6 is 0 Å². The van der Waals surface area contributed by atoms with Crippen molar-refractivity contribution in [3.05, 3.63) is 0 Å². The molecule has 1 aliphatic heterocycles. The lowest BCUT2D eigenvalue weighted by Crippen LogP contribution is -2.52. The molecule has 0 aromatic carbocycles. The maximum absolute atomic E-state index is 11.7. The third-order valence-electron chi connectivity index (χ3n) is 2.62. The number of ether oxygens (including phenoxy) is 1. The average Bonchev–Trinajstić information content (AvgIpc) is 2.51. The summed E-state index contributed by atoms with van der Waals surface area (Å²) >= 11 is 0. The second kappa shape index (κ2) is 4.28. The van der Waals surface area contributed by atoms with Gasteiger partial charge < -0.3 is 15.8 Å². The van der Waals surface area contributed by atoms with Crippen molar-refractivity contribution in [1.82, 2.24) is 5.32 Å². The Morgan fingerprint density at radius 2 is 2.29 bits per heavy atom. The van der Waals surface area contributed by atoms with Crippen LogP contribution in [0, 0.1) is 5.92 Å². The molecular formula is C10H20N2O2. The number of rotatable bonds is 3. The normalized spacial score (nSPS) is 27.7. The van der Waals surface area contributed by atoms with E-state index in [2.05, 4.69) is 5.32 Å². The topological polar surface area (TPSA) is 64.3 Å². The molecule has 1 amide bonds.